The van der Waals surface area contributed by atoms with E-state index in [9.17, 15) is 33.3 Å². The molecule has 3 aromatic rings. The molecule has 0 N–H and O–H groups in total. The number of carbonyl (C=O) groups is 1. The lowest BCUT2D eigenvalue weighted by molar-refractivity contribution is -0.386. The van der Waals surface area contributed by atoms with E-state index < -0.39 is 40.2 Å². The molecule has 3 rings (SSSR count). The van der Waals surface area contributed by atoms with Crippen molar-refractivity contribution in [3.05, 3.63) is 98.0 Å². The number of benzene rings is 3. The summed E-state index contributed by atoms with van der Waals surface area (Å²) in [5, 5.41) is 21.4. The number of alkyl halides is 3. The molecule has 0 aliphatic heterocycles. The van der Waals surface area contributed by atoms with Gasteiger partial charge in [0.2, 0.25) is 0 Å². The number of carbonyl (C=O) groups excluding carboxylic acids is 1. The maximum absolute atomic E-state index is 13.3. The van der Waals surface area contributed by atoms with Crippen LogP contribution in [0.3, 0.4) is 0 Å². The normalized spacial score (nSPS) is 12.8. The van der Waals surface area contributed by atoms with Crippen LogP contribution in [0.2, 0.25) is 10.0 Å². The third kappa shape index (κ3) is 5.87. The number of nitro benzene ring substituents is 1. The van der Waals surface area contributed by atoms with E-state index in [0.717, 1.165) is 18.2 Å². The van der Waals surface area contributed by atoms with Gasteiger partial charge >= 0.3 is 11.9 Å². The molecule has 1 unspecified atom stereocenters. The molecule has 0 fully saturated rings. The van der Waals surface area contributed by atoms with Gasteiger partial charge in [0, 0.05) is 23.1 Å². The number of hydrogen-bond donors (Lipinski definition) is 0. The average Bonchev–Trinajstić information content (AvgIpc) is 2.83. The number of nitro groups is 1. The largest absolute Gasteiger partial charge is 0.492 e. The number of nitrogens with zero attached hydrogens (tertiary/aromatic N) is 2. The molecule has 36 heavy (non-hydrogen) atoms. The summed E-state index contributed by atoms with van der Waals surface area (Å²) < 4.78 is 49.6. The van der Waals surface area contributed by atoms with Crippen molar-refractivity contribution in [1.29, 1.82) is 5.26 Å². The van der Waals surface area contributed by atoms with E-state index >= 15 is 0 Å². The van der Waals surface area contributed by atoms with E-state index in [1.54, 1.807) is 6.07 Å². The van der Waals surface area contributed by atoms with Crippen LogP contribution >= 0.6 is 23.2 Å². The predicted molar refractivity (Wildman–Crippen MR) is 124 cm³/mol. The van der Waals surface area contributed by atoms with Gasteiger partial charge in [0.15, 0.2) is 11.5 Å². The van der Waals surface area contributed by atoms with Crippen molar-refractivity contribution in [1.82, 2.24) is 0 Å². The van der Waals surface area contributed by atoms with Crippen LogP contribution in [0.25, 0.3) is 0 Å². The van der Waals surface area contributed by atoms with E-state index in [4.69, 9.17) is 32.7 Å². The van der Waals surface area contributed by atoms with Crippen LogP contribution < -0.4 is 9.47 Å². The number of ketones is 1. The summed E-state index contributed by atoms with van der Waals surface area (Å²) in [6.45, 7) is -0.381. The van der Waals surface area contributed by atoms with Crippen molar-refractivity contribution in [3.8, 4) is 17.6 Å². The van der Waals surface area contributed by atoms with Gasteiger partial charge in [0.1, 0.15) is 11.8 Å². The molecule has 0 bridgehead atoms. The Morgan fingerprint density at radius 1 is 1.00 bits per heavy atom. The van der Waals surface area contributed by atoms with Crippen LogP contribution in [0.5, 0.6) is 11.5 Å². The lowest BCUT2D eigenvalue weighted by Crippen LogP contribution is -2.41. The van der Waals surface area contributed by atoms with E-state index in [2.05, 4.69) is 0 Å². The first-order valence-electron chi connectivity index (χ1n) is 10.1. The second-order valence-corrected chi connectivity index (χ2v) is 8.14. The highest BCUT2D eigenvalue weighted by molar-refractivity contribution is 6.32. The number of nitriles is 1. The van der Waals surface area contributed by atoms with E-state index in [-0.39, 0.29) is 33.7 Å². The molecule has 186 valence electrons. The summed E-state index contributed by atoms with van der Waals surface area (Å²) in [5.41, 5.74) is -3.77. The standard InChI is InChI=1S/C24H15Cl2F3N2O5/c25-17-5-3-4-15(12-17)23(14-30,36-21-7-2-1-6-19(21)31(33)34)22(32)10-11-35-20-9-8-16(13-18(20)26)24(27,28)29/h1-9,12-13H,10-11H2. The van der Waals surface area contributed by atoms with Crippen LogP contribution in [0.1, 0.15) is 17.5 Å². The summed E-state index contributed by atoms with van der Waals surface area (Å²) in [5.74, 6) is -1.28. The van der Waals surface area contributed by atoms with Crippen LogP contribution in [-0.4, -0.2) is 17.3 Å². The number of ether oxygens (including phenoxy) is 2. The minimum absolute atomic E-state index is 0.0215. The summed E-state index contributed by atoms with van der Waals surface area (Å²) in [6.07, 6.45) is -5.06. The monoisotopic (exact) mass is 538 g/mol. The smallest absolute Gasteiger partial charge is 0.416 e. The summed E-state index contributed by atoms with van der Waals surface area (Å²) in [6, 6.07) is 15.1. The van der Waals surface area contributed by atoms with Crippen LogP contribution in [0.15, 0.2) is 66.7 Å². The van der Waals surface area contributed by atoms with Crippen molar-refractivity contribution in [2.75, 3.05) is 6.61 Å². The Labute approximate surface area is 212 Å². The van der Waals surface area contributed by atoms with Gasteiger partial charge in [-0.2, -0.15) is 18.4 Å². The van der Waals surface area contributed by atoms with Gasteiger partial charge < -0.3 is 9.47 Å². The van der Waals surface area contributed by atoms with Gasteiger partial charge in [-0.15, -0.1) is 0 Å². The Kier molecular flexibility index (Phi) is 8.07. The number of hydrogen-bond acceptors (Lipinski definition) is 6. The Morgan fingerprint density at radius 3 is 2.33 bits per heavy atom. The molecule has 0 saturated heterocycles. The third-order valence-electron chi connectivity index (χ3n) is 4.95. The van der Waals surface area contributed by atoms with Crippen LogP contribution in [0, 0.1) is 21.4 Å². The molecule has 1 atom stereocenters. The molecule has 3 aromatic carbocycles. The molecule has 0 radical (unpaired) electrons. The Hall–Kier alpha value is -3.81. The number of rotatable bonds is 9. The van der Waals surface area contributed by atoms with Gasteiger partial charge in [-0.25, -0.2) is 0 Å². The number of para-hydroxylation sites is 2. The second-order valence-electron chi connectivity index (χ2n) is 7.29. The minimum Gasteiger partial charge on any atom is -0.492 e. The molecule has 0 aliphatic rings. The fraction of sp³-hybridized carbons (Fsp3) is 0.167. The molecule has 7 nitrogen and oxygen atoms in total. The van der Waals surface area contributed by atoms with Crippen molar-refractivity contribution in [2.45, 2.75) is 18.2 Å². The molecule has 0 amide bonds. The van der Waals surface area contributed by atoms with Gasteiger partial charge in [0.25, 0.3) is 5.60 Å². The number of halogens is 5. The molecule has 0 aromatic heterocycles. The van der Waals surface area contributed by atoms with Gasteiger partial charge in [0.05, 0.1) is 22.1 Å². The highest BCUT2D eigenvalue weighted by atomic mass is 35.5. The quantitative estimate of drug-likeness (QED) is 0.220. The topological polar surface area (TPSA) is 102 Å². The van der Waals surface area contributed by atoms with E-state index in [0.29, 0.717) is 6.07 Å². The molecular formula is C24H15Cl2F3N2O5. The van der Waals surface area contributed by atoms with Crippen molar-refractivity contribution < 1.29 is 32.4 Å². The fourth-order valence-electron chi connectivity index (χ4n) is 3.22. The minimum atomic E-state index is -4.60. The Morgan fingerprint density at radius 2 is 1.72 bits per heavy atom. The zero-order valence-electron chi connectivity index (χ0n) is 18.1. The summed E-state index contributed by atoms with van der Waals surface area (Å²) >= 11 is 11.9. The van der Waals surface area contributed by atoms with Crippen molar-refractivity contribution in [2.24, 2.45) is 0 Å². The van der Waals surface area contributed by atoms with Gasteiger partial charge in [-0.1, -0.05) is 47.5 Å². The van der Waals surface area contributed by atoms with Crippen molar-refractivity contribution in [3.63, 3.8) is 0 Å². The number of Topliss-reactive ketones (excluding diaryl/α,β-unsaturated/α-hetero) is 1. The highest BCUT2D eigenvalue weighted by Crippen LogP contribution is 2.37. The van der Waals surface area contributed by atoms with Gasteiger partial charge in [-0.05, 0) is 36.4 Å². The highest BCUT2D eigenvalue weighted by Gasteiger charge is 2.44. The van der Waals surface area contributed by atoms with E-state index in [1.165, 1.54) is 42.5 Å². The zero-order chi connectivity index (χ0) is 26.5. The molecule has 12 heteroatoms. The Balaban J connectivity index is 1.90. The first-order chi connectivity index (χ1) is 17.0. The summed E-state index contributed by atoms with van der Waals surface area (Å²) in [7, 11) is 0. The molecule has 0 heterocycles. The third-order valence-corrected chi connectivity index (χ3v) is 5.48. The molecule has 0 aliphatic carbocycles. The van der Waals surface area contributed by atoms with Gasteiger partial charge in [-0.3, -0.25) is 14.9 Å². The molecule has 0 saturated carbocycles. The van der Waals surface area contributed by atoms with Crippen LogP contribution in [-0.2, 0) is 16.6 Å². The fourth-order valence-corrected chi connectivity index (χ4v) is 3.64. The van der Waals surface area contributed by atoms with E-state index in [1.807, 2.05) is 0 Å². The molecule has 0 spiro atoms. The lowest BCUT2D eigenvalue weighted by atomic mass is 9.88. The molecular weight excluding hydrogens is 524 g/mol. The average molecular weight is 539 g/mol. The second kappa shape index (κ2) is 10.8. The maximum atomic E-state index is 13.3. The first kappa shape index (κ1) is 26.8. The maximum Gasteiger partial charge on any atom is 0.416 e. The SMILES string of the molecule is N#CC(Oc1ccccc1[N+](=O)[O-])(C(=O)CCOc1ccc(C(F)(F)F)cc1Cl)c1cccc(Cl)c1. The predicted octanol–water partition coefficient (Wildman–Crippen LogP) is 6.76. The van der Waals surface area contributed by atoms with Crippen LogP contribution in [0.4, 0.5) is 18.9 Å². The first-order valence-corrected chi connectivity index (χ1v) is 10.9. The van der Waals surface area contributed by atoms with Crippen molar-refractivity contribution >= 4 is 34.7 Å². The zero-order valence-corrected chi connectivity index (χ0v) is 19.6. The Bertz CT molecular complexity index is 1340. The summed E-state index contributed by atoms with van der Waals surface area (Å²) in [4.78, 5) is 24.0. The lowest BCUT2D eigenvalue weighted by Gasteiger charge is -2.27.